The van der Waals surface area contributed by atoms with Gasteiger partial charge in [0.1, 0.15) is 0 Å². The van der Waals surface area contributed by atoms with Crippen molar-refractivity contribution in [2.45, 2.75) is 26.3 Å². The van der Waals surface area contributed by atoms with E-state index >= 15 is 0 Å². The minimum Gasteiger partial charge on any atom is -0.352 e. The van der Waals surface area contributed by atoms with Crippen molar-refractivity contribution in [2.75, 3.05) is 13.1 Å². The van der Waals surface area contributed by atoms with E-state index in [9.17, 15) is 9.59 Å². The molecule has 31 heavy (non-hydrogen) atoms. The molecule has 0 saturated carbocycles. The van der Waals surface area contributed by atoms with Gasteiger partial charge in [-0.1, -0.05) is 22.0 Å². The summed E-state index contributed by atoms with van der Waals surface area (Å²) >= 11 is 3.43. The molecule has 1 aliphatic heterocycles. The zero-order chi connectivity index (χ0) is 21.8. The normalized spacial score (nSPS) is 14.5. The van der Waals surface area contributed by atoms with Crippen LogP contribution in [0.3, 0.4) is 0 Å². The molecule has 0 radical (unpaired) electrons. The molecule has 8 heteroatoms. The maximum Gasteiger partial charge on any atom is 0.257 e. The molecular weight excluding hydrogens is 458 g/mol. The van der Waals surface area contributed by atoms with Gasteiger partial charge in [-0.25, -0.2) is 4.68 Å². The Balaban J connectivity index is 1.34. The highest BCUT2D eigenvalue weighted by atomic mass is 79.9. The summed E-state index contributed by atoms with van der Waals surface area (Å²) in [5, 5.41) is 7.39. The molecule has 1 saturated heterocycles. The summed E-state index contributed by atoms with van der Waals surface area (Å²) in [6, 6.07) is 11.6. The Kier molecular flexibility index (Phi) is 6.46. The van der Waals surface area contributed by atoms with Gasteiger partial charge in [-0.2, -0.15) is 5.10 Å². The van der Waals surface area contributed by atoms with E-state index in [-0.39, 0.29) is 17.7 Å². The maximum absolute atomic E-state index is 13.1. The summed E-state index contributed by atoms with van der Waals surface area (Å²) < 4.78 is 2.77. The number of carbonyl (C=O) groups excluding carboxylic acids is 2. The minimum absolute atomic E-state index is 0.0323. The summed E-state index contributed by atoms with van der Waals surface area (Å²) in [4.78, 5) is 31.4. The molecule has 7 nitrogen and oxygen atoms in total. The standard InChI is InChI=1S/C23H24BrN5O2/c1-16-21(15-27-29(16)20-6-4-19(24)5-7-20)23(31)28-11-8-18(9-12-28)22(30)26-14-17-3-2-10-25-13-17/h2-7,10,13,15,18H,8-9,11-12,14H2,1H3,(H,26,30). The molecule has 1 fully saturated rings. The van der Waals surface area contributed by atoms with Crippen molar-refractivity contribution in [2.24, 2.45) is 5.92 Å². The van der Waals surface area contributed by atoms with Crippen LogP contribution < -0.4 is 5.32 Å². The number of amides is 2. The van der Waals surface area contributed by atoms with E-state index in [4.69, 9.17) is 0 Å². The molecule has 1 aliphatic rings. The van der Waals surface area contributed by atoms with Crippen LogP contribution in [0.5, 0.6) is 0 Å². The van der Waals surface area contributed by atoms with Gasteiger partial charge in [0.05, 0.1) is 23.1 Å². The molecule has 4 rings (SSSR count). The van der Waals surface area contributed by atoms with Crippen LogP contribution in [0.15, 0.2) is 59.5 Å². The summed E-state index contributed by atoms with van der Waals surface area (Å²) in [6.45, 7) is 3.50. The fourth-order valence-electron chi connectivity index (χ4n) is 3.81. The van der Waals surface area contributed by atoms with Gasteiger partial charge in [-0.15, -0.1) is 0 Å². The van der Waals surface area contributed by atoms with Crippen LogP contribution >= 0.6 is 15.9 Å². The molecule has 0 unspecified atom stereocenters. The first-order chi connectivity index (χ1) is 15.0. The Morgan fingerprint density at radius 2 is 1.87 bits per heavy atom. The molecule has 2 amide bonds. The average Bonchev–Trinajstić information content (AvgIpc) is 3.19. The number of rotatable bonds is 5. The van der Waals surface area contributed by atoms with Crippen molar-refractivity contribution in [3.63, 3.8) is 0 Å². The quantitative estimate of drug-likeness (QED) is 0.604. The van der Waals surface area contributed by atoms with Gasteiger partial charge < -0.3 is 10.2 Å². The van der Waals surface area contributed by atoms with Gasteiger partial charge in [-0.05, 0) is 55.7 Å². The number of likely N-dealkylation sites (tertiary alicyclic amines) is 1. The van der Waals surface area contributed by atoms with Crippen molar-refractivity contribution in [3.8, 4) is 5.69 Å². The van der Waals surface area contributed by atoms with E-state index in [1.807, 2.05) is 48.2 Å². The lowest BCUT2D eigenvalue weighted by Gasteiger charge is -2.31. The monoisotopic (exact) mass is 481 g/mol. The number of piperidine rings is 1. The third-order valence-corrected chi connectivity index (χ3v) is 6.18. The van der Waals surface area contributed by atoms with E-state index in [0.717, 1.165) is 21.4 Å². The molecule has 2 aromatic heterocycles. The molecule has 3 aromatic rings. The van der Waals surface area contributed by atoms with Gasteiger partial charge in [0, 0.05) is 42.4 Å². The van der Waals surface area contributed by atoms with Gasteiger partial charge in [0.15, 0.2) is 0 Å². The lowest BCUT2D eigenvalue weighted by atomic mass is 9.95. The molecular formula is C23H24BrN5O2. The average molecular weight is 482 g/mol. The van der Waals surface area contributed by atoms with E-state index < -0.39 is 0 Å². The second-order valence-electron chi connectivity index (χ2n) is 7.68. The first-order valence-corrected chi connectivity index (χ1v) is 11.1. The minimum atomic E-state index is -0.0766. The smallest absolute Gasteiger partial charge is 0.257 e. The lowest BCUT2D eigenvalue weighted by molar-refractivity contribution is -0.126. The Labute approximate surface area is 189 Å². The van der Waals surface area contributed by atoms with Gasteiger partial charge >= 0.3 is 0 Å². The largest absolute Gasteiger partial charge is 0.352 e. The van der Waals surface area contributed by atoms with Crippen LogP contribution in [0, 0.1) is 12.8 Å². The van der Waals surface area contributed by atoms with Crippen LogP contribution in [-0.2, 0) is 11.3 Å². The van der Waals surface area contributed by atoms with Crippen LogP contribution in [-0.4, -0.2) is 44.6 Å². The number of benzene rings is 1. The first kappa shape index (κ1) is 21.2. The van der Waals surface area contributed by atoms with Crippen LogP contribution in [0.4, 0.5) is 0 Å². The zero-order valence-electron chi connectivity index (χ0n) is 17.3. The second-order valence-corrected chi connectivity index (χ2v) is 8.59. The Hall–Kier alpha value is -3.00. The molecule has 0 aliphatic carbocycles. The molecule has 3 heterocycles. The SMILES string of the molecule is Cc1c(C(=O)N2CCC(C(=O)NCc3cccnc3)CC2)cnn1-c1ccc(Br)cc1. The third kappa shape index (κ3) is 4.85. The Morgan fingerprint density at radius 1 is 1.13 bits per heavy atom. The van der Waals surface area contributed by atoms with Crippen molar-refractivity contribution in [1.29, 1.82) is 0 Å². The molecule has 0 atom stereocenters. The van der Waals surface area contributed by atoms with Gasteiger partial charge in [-0.3, -0.25) is 14.6 Å². The predicted octanol–water partition coefficient (Wildman–Crippen LogP) is 3.51. The number of carbonyl (C=O) groups is 2. The molecule has 1 aromatic carbocycles. The van der Waals surface area contributed by atoms with E-state index in [0.29, 0.717) is 38.0 Å². The maximum atomic E-state index is 13.1. The summed E-state index contributed by atoms with van der Waals surface area (Å²) in [7, 11) is 0. The number of hydrogen-bond donors (Lipinski definition) is 1. The topological polar surface area (TPSA) is 80.1 Å². The highest BCUT2D eigenvalue weighted by molar-refractivity contribution is 9.10. The van der Waals surface area contributed by atoms with Gasteiger partial charge in [0.25, 0.3) is 5.91 Å². The van der Waals surface area contributed by atoms with Gasteiger partial charge in [0.2, 0.25) is 5.91 Å². The number of aromatic nitrogens is 3. The highest BCUT2D eigenvalue weighted by Crippen LogP contribution is 2.22. The summed E-state index contributed by atoms with van der Waals surface area (Å²) in [5.41, 5.74) is 3.29. The van der Waals surface area contributed by atoms with Crippen molar-refractivity contribution >= 4 is 27.7 Å². The number of halogens is 1. The van der Waals surface area contributed by atoms with Crippen LogP contribution in [0.2, 0.25) is 0 Å². The van der Waals surface area contributed by atoms with Crippen molar-refractivity contribution < 1.29 is 9.59 Å². The molecule has 0 spiro atoms. The third-order valence-electron chi connectivity index (χ3n) is 5.65. The zero-order valence-corrected chi connectivity index (χ0v) is 18.9. The highest BCUT2D eigenvalue weighted by Gasteiger charge is 2.29. The number of nitrogens with one attached hydrogen (secondary N) is 1. The number of nitrogens with zero attached hydrogens (tertiary/aromatic N) is 4. The summed E-state index contributed by atoms with van der Waals surface area (Å²) in [6.07, 6.45) is 6.40. The predicted molar refractivity (Wildman–Crippen MR) is 121 cm³/mol. The van der Waals surface area contributed by atoms with E-state index in [1.165, 1.54) is 0 Å². The second kappa shape index (κ2) is 9.43. The summed E-state index contributed by atoms with van der Waals surface area (Å²) in [5.74, 6) is -0.0717. The molecule has 1 N–H and O–H groups in total. The first-order valence-electron chi connectivity index (χ1n) is 10.3. The number of hydrogen-bond acceptors (Lipinski definition) is 4. The Morgan fingerprint density at radius 3 is 2.55 bits per heavy atom. The lowest BCUT2D eigenvalue weighted by Crippen LogP contribution is -2.43. The van der Waals surface area contributed by atoms with Crippen LogP contribution in [0.1, 0.15) is 34.5 Å². The van der Waals surface area contributed by atoms with Crippen molar-refractivity contribution in [1.82, 2.24) is 25.0 Å². The number of pyridine rings is 1. The fourth-order valence-corrected chi connectivity index (χ4v) is 4.08. The van der Waals surface area contributed by atoms with Crippen LogP contribution in [0.25, 0.3) is 5.69 Å². The molecule has 160 valence electrons. The Bertz CT molecular complexity index is 1060. The fraction of sp³-hybridized carbons (Fsp3) is 0.304. The van der Waals surface area contributed by atoms with E-state index in [1.54, 1.807) is 23.3 Å². The van der Waals surface area contributed by atoms with Crippen molar-refractivity contribution in [3.05, 3.63) is 76.3 Å². The molecule has 0 bridgehead atoms. The van der Waals surface area contributed by atoms with E-state index in [2.05, 4.69) is 31.3 Å².